The number of methoxy groups -OCH3 is 1. The van der Waals surface area contributed by atoms with E-state index in [1.54, 1.807) is 20.1 Å². The largest absolute Gasteiger partial charge is 0.496 e. The molecule has 0 aliphatic carbocycles. The number of ether oxygens (including phenoxy) is 2. The third-order valence-electron chi connectivity index (χ3n) is 4.22. The number of benzene rings is 1. The van der Waals surface area contributed by atoms with E-state index in [2.05, 4.69) is 24.5 Å². The summed E-state index contributed by atoms with van der Waals surface area (Å²) in [4.78, 5) is 24.6. The minimum atomic E-state index is -0.612. The van der Waals surface area contributed by atoms with E-state index in [4.69, 9.17) is 9.47 Å². The van der Waals surface area contributed by atoms with Crippen molar-refractivity contribution in [3.63, 3.8) is 0 Å². The molecule has 0 bridgehead atoms. The van der Waals surface area contributed by atoms with E-state index < -0.39 is 12.0 Å². The summed E-state index contributed by atoms with van der Waals surface area (Å²) in [6.45, 7) is 6.21. The van der Waals surface area contributed by atoms with Gasteiger partial charge in [0.2, 0.25) is 0 Å². The quantitative estimate of drug-likeness (QED) is 0.743. The van der Waals surface area contributed by atoms with Crippen molar-refractivity contribution in [2.75, 3.05) is 13.7 Å². The van der Waals surface area contributed by atoms with E-state index in [9.17, 15) is 9.59 Å². The van der Waals surface area contributed by atoms with Crippen molar-refractivity contribution in [1.82, 2.24) is 10.6 Å². The number of hydrogen-bond acceptors (Lipinski definition) is 4. The van der Waals surface area contributed by atoms with Gasteiger partial charge in [0.25, 0.3) is 0 Å². The van der Waals surface area contributed by atoms with E-state index >= 15 is 0 Å². The lowest BCUT2D eigenvalue weighted by Gasteiger charge is -2.29. The minimum absolute atomic E-state index is 0.297. The lowest BCUT2D eigenvalue weighted by Crippen LogP contribution is -2.45. The molecule has 0 radical (unpaired) electrons. The second-order valence-corrected chi connectivity index (χ2v) is 6.30. The van der Waals surface area contributed by atoms with E-state index in [-0.39, 0.29) is 6.03 Å². The molecular formula is C19H26N2O4. The summed E-state index contributed by atoms with van der Waals surface area (Å²) in [5.41, 5.74) is 1.60. The number of esters is 1. The van der Waals surface area contributed by atoms with Crippen LogP contribution >= 0.6 is 0 Å². The Hall–Kier alpha value is -2.50. The molecule has 25 heavy (non-hydrogen) atoms. The smallest absolute Gasteiger partial charge is 0.338 e. The molecule has 2 unspecified atom stereocenters. The molecular weight excluding hydrogens is 320 g/mol. The van der Waals surface area contributed by atoms with Gasteiger partial charge in [-0.3, -0.25) is 0 Å². The van der Waals surface area contributed by atoms with Crippen LogP contribution in [0.15, 0.2) is 35.5 Å². The second-order valence-electron chi connectivity index (χ2n) is 6.30. The van der Waals surface area contributed by atoms with E-state index in [0.29, 0.717) is 35.1 Å². The minimum Gasteiger partial charge on any atom is -0.496 e. The van der Waals surface area contributed by atoms with E-state index in [1.165, 1.54) is 0 Å². The van der Waals surface area contributed by atoms with Gasteiger partial charge in [-0.1, -0.05) is 38.5 Å². The van der Waals surface area contributed by atoms with Gasteiger partial charge in [-0.2, -0.15) is 0 Å². The van der Waals surface area contributed by atoms with Gasteiger partial charge in [0.15, 0.2) is 0 Å². The van der Waals surface area contributed by atoms with Crippen molar-refractivity contribution >= 4 is 12.0 Å². The van der Waals surface area contributed by atoms with E-state index in [1.807, 2.05) is 18.2 Å². The first kappa shape index (κ1) is 18.8. The average molecular weight is 346 g/mol. The van der Waals surface area contributed by atoms with Crippen molar-refractivity contribution < 1.29 is 19.1 Å². The van der Waals surface area contributed by atoms with Crippen LogP contribution in [0.5, 0.6) is 5.75 Å². The highest BCUT2D eigenvalue weighted by molar-refractivity contribution is 5.95. The van der Waals surface area contributed by atoms with Gasteiger partial charge in [0.05, 0.1) is 25.3 Å². The Morgan fingerprint density at radius 1 is 1.32 bits per heavy atom. The highest BCUT2D eigenvalue weighted by Gasteiger charge is 2.33. The van der Waals surface area contributed by atoms with Crippen LogP contribution in [0.2, 0.25) is 0 Å². The third kappa shape index (κ3) is 4.53. The highest BCUT2D eigenvalue weighted by Crippen LogP contribution is 2.33. The highest BCUT2D eigenvalue weighted by atomic mass is 16.5. The fourth-order valence-electron chi connectivity index (χ4n) is 2.97. The maximum Gasteiger partial charge on any atom is 0.338 e. The molecule has 2 rings (SSSR count). The van der Waals surface area contributed by atoms with Gasteiger partial charge in [0.1, 0.15) is 5.75 Å². The van der Waals surface area contributed by atoms with Crippen molar-refractivity contribution in [1.29, 1.82) is 0 Å². The van der Waals surface area contributed by atoms with Crippen LogP contribution in [0.3, 0.4) is 0 Å². The summed E-state index contributed by atoms with van der Waals surface area (Å²) in [6, 6.07) is 6.34. The van der Waals surface area contributed by atoms with Gasteiger partial charge >= 0.3 is 12.0 Å². The number of rotatable bonds is 7. The Balaban J connectivity index is 2.29. The molecule has 1 aliphatic heterocycles. The normalized spacial score (nSPS) is 18.2. The summed E-state index contributed by atoms with van der Waals surface area (Å²) in [5.74, 6) is 0.474. The van der Waals surface area contributed by atoms with Gasteiger partial charge in [-0.25, -0.2) is 9.59 Å². The molecule has 2 N–H and O–H groups in total. The number of carbonyl (C=O) groups is 2. The molecule has 6 nitrogen and oxygen atoms in total. The zero-order valence-corrected chi connectivity index (χ0v) is 15.2. The van der Waals surface area contributed by atoms with Gasteiger partial charge in [0, 0.05) is 11.3 Å². The fourth-order valence-corrected chi connectivity index (χ4v) is 2.97. The maximum absolute atomic E-state index is 12.7. The molecule has 0 saturated heterocycles. The predicted octanol–water partition coefficient (Wildman–Crippen LogP) is 3.30. The van der Waals surface area contributed by atoms with Crippen molar-refractivity contribution in [2.45, 2.75) is 39.7 Å². The SMILES string of the molecule is CCCC(C)COC(=O)C1=C(C)NC(=O)NC1c1ccccc1OC. The predicted molar refractivity (Wildman–Crippen MR) is 95.1 cm³/mol. The zero-order chi connectivity index (χ0) is 18.4. The van der Waals surface area contributed by atoms with Crippen LogP contribution in [0.25, 0.3) is 0 Å². The van der Waals surface area contributed by atoms with Crippen LogP contribution in [0.4, 0.5) is 4.79 Å². The summed E-state index contributed by atoms with van der Waals surface area (Å²) < 4.78 is 10.9. The molecule has 2 amide bonds. The Morgan fingerprint density at radius 2 is 2.04 bits per heavy atom. The lowest BCUT2D eigenvalue weighted by molar-refractivity contribution is -0.140. The molecule has 0 spiro atoms. The monoisotopic (exact) mass is 346 g/mol. The second kappa shape index (κ2) is 8.55. The molecule has 0 fully saturated rings. The van der Waals surface area contributed by atoms with Crippen LogP contribution in [-0.2, 0) is 9.53 Å². The summed E-state index contributed by atoms with van der Waals surface area (Å²) in [5, 5.41) is 5.44. The van der Waals surface area contributed by atoms with Crippen molar-refractivity contribution in [3.05, 3.63) is 41.1 Å². The van der Waals surface area contributed by atoms with Crippen molar-refractivity contribution in [2.24, 2.45) is 5.92 Å². The molecule has 1 aromatic rings. The molecule has 2 atom stereocenters. The summed E-state index contributed by atoms with van der Waals surface area (Å²) in [7, 11) is 1.56. The molecule has 136 valence electrons. The zero-order valence-electron chi connectivity index (χ0n) is 15.2. The molecule has 0 aromatic heterocycles. The number of para-hydroxylation sites is 1. The number of amides is 2. The number of allylic oxidation sites excluding steroid dienone is 1. The van der Waals surface area contributed by atoms with Crippen LogP contribution in [0, 0.1) is 5.92 Å². The Morgan fingerprint density at radius 3 is 2.72 bits per heavy atom. The lowest BCUT2D eigenvalue weighted by atomic mass is 9.95. The topological polar surface area (TPSA) is 76.7 Å². The van der Waals surface area contributed by atoms with Gasteiger partial charge < -0.3 is 20.1 Å². The first-order valence-electron chi connectivity index (χ1n) is 8.56. The Labute approximate surface area is 148 Å². The third-order valence-corrected chi connectivity index (χ3v) is 4.22. The Kier molecular flexibility index (Phi) is 6.44. The number of urea groups is 1. The Bertz CT molecular complexity index is 669. The number of hydrogen-bond donors (Lipinski definition) is 2. The fraction of sp³-hybridized carbons (Fsp3) is 0.474. The van der Waals surface area contributed by atoms with Gasteiger partial charge in [-0.05, 0) is 25.3 Å². The van der Waals surface area contributed by atoms with Crippen LogP contribution in [0.1, 0.15) is 45.2 Å². The number of nitrogens with one attached hydrogen (secondary N) is 2. The van der Waals surface area contributed by atoms with Crippen LogP contribution < -0.4 is 15.4 Å². The first-order chi connectivity index (χ1) is 12.0. The molecule has 1 aliphatic rings. The molecule has 1 heterocycles. The summed E-state index contributed by atoms with van der Waals surface area (Å²) in [6.07, 6.45) is 2.04. The summed E-state index contributed by atoms with van der Waals surface area (Å²) >= 11 is 0. The number of carbonyl (C=O) groups excluding carboxylic acids is 2. The maximum atomic E-state index is 12.7. The van der Waals surface area contributed by atoms with Crippen LogP contribution in [-0.4, -0.2) is 25.7 Å². The standard InChI is InChI=1S/C19H26N2O4/c1-5-8-12(2)11-25-18(22)16-13(3)20-19(23)21-17(16)14-9-6-7-10-15(14)24-4/h6-7,9-10,12,17H,5,8,11H2,1-4H3,(H2,20,21,23). The molecule has 6 heteroatoms. The average Bonchev–Trinajstić information content (AvgIpc) is 2.59. The van der Waals surface area contributed by atoms with Crippen molar-refractivity contribution in [3.8, 4) is 5.75 Å². The molecule has 1 aromatic carbocycles. The van der Waals surface area contributed by atoms with E-state index in [0.717, 1.165) is 12.8 Å². The molecule has 0 saturated carbocycles. The first-order valence-corrected chi connectivity index (χ1v) is 8.56. The van der Waals surface area contributed by atoms with Gasteiger partial charge in [-0.15, -0.1) is 0 Å².